The van der Waals surface area contributed by atoms with Crippen molar-refractivity contribution in [1.29, 1.82) is 0 Å². The average Bonchev–Trinajstić information content (AvgIpc) is 2.76. The Morgan fingerprint density at radius 3 is 2.40 bits per heavy atom. The number of carboxylic acids is 1. The predicted molar refractivity (Wildman–Crippen MR) is 61.9 cm³/mol. The number of halogens is 4. The van der Waals surface area contributed by atoms with Gasteiger partial charge in [0.15, 0.2) is 0 Å². The number of rotatable bonds is 3. The third-order valence-electron chi connectivity index (χ3n) is 2.76. The molecule has 0 saturated heterocycles. The lowest BCUT2D eigenvalue weighted by Gasteiger charge is -2.13. The van der Waals surface area contributed by atoms with Crippen LogP contribution in [0.15, 0.2) is 36.5 Å². The van der Waals surface area contributed by atoms with Crippen LogP contribution in [0.5, 0.6) is 0 Å². The molecule has 0 fully saturated rings. The van der Waals surface area contributed by atoms with Crippen molar-refractivity contribution in [3.8, 4) is 0 Å². The van der Waals surface area contributed by atoms with Gasteiger partial charge in [-0.3, -0.25) is 0 Å². The van der Waals surface area contributed by atoms with E-state index in [0.717, 1.165) is 18.3 Å². The van der Waals surface area contributed by atoms with Crippen LogP contribution in [-0.2, 0) is 12.7 Å². The zero-order valence-electron chi connectivity index (χ0n) is 9.99. The Hall–Kier alpha value is -2.31. The lowest BCUT2D eigenvalue weighted by atomic mass is 10.2. The first kappa shape index (κ1) is 14.1. The molecule has 20 heavy (non-hydrogen) atoms. The molecule has 1 N–H and O–H groups in total. The summed E-state index contributed by atoms with van der Waals surface area (Å²) < 4.78 is 52.9. The minimum atomic E-state index is -4.83. The van der Waals surface area contributed by atoms with Gasteiger partial charge in [0, 0.05) is 11.8 Å². The number of carboxylic acid groups (broad SMARTS) is 1. The van der Waals surface area contributed by atoms with E-state index in [1.807, 2.05) is 0 Å². The SMILES string of the molecule is O=C(O)c1ccn(Cc2ccccc2F)c1C(F)(F)F. The van der Waals surface area contributed by atoms with Gasteiger partial charge in [-0.25, -0.2) is 9.18 Å². The second-order valence-corrected chi connectivity index (χ2v) is 4.10. The van der Waals surface area contributed by atoms with Gasteiger partial charge in [-0.05, 0) is 12.1 Å². The third-order valence-corrected chi connectivity index (χ3v) is 2.76. The van der Waals surface area contributed by atoms with E-state index in [1.165, 1.54) is 18.2 Å². The molecule has 0 saturated carbocycles. The highest BCUT2D eigenvalue weighted by atomic mass is 19.4. The summed E-state index contributed by atoms with van der Waals surface area (Å²) in [5, 5.41) is 8.78. The summed E-state index contributed by atoms with van der Waals surface area (Å²) in [6.45, 7) is -0.394. The van der Waals surface area contributed by atoms with Gasteiger partial charge in [0.1, 0.15) is 11.5 Å². The lowest BCUT2D eigenvalue weighted by molar-refractivity contribution is -0.143. The van der Waals surface area contributed by atoms with Crippen molar-refractivity contribution in [2.75, 3.05) is 0 Å². The minimum absolute atomic E-state index is 0.0468. The highest BCUT2D eigenvalue weighted by Gasteiger charge is 2.39. The summed E-state index contributed by atoms with van der Waals surface area (Å²) in [5.41, 5.74) is -2.10. The van der Waals surface area contributed by atoms with E-state index in [9.17, 15) is 22.4 Å². The molecule has 3 nitrogen and oxygen atoms in total. The Kier molecular flexibility index (Phi) is 3.52. The van der Waals surface area contributed by atoms with Crippen LogP contribution >= 0.6 is 0 Å². The Balaban J connectivity index is 2.48. The van der Waals surface area contributed by atoms with E-state index in [4.69, 9.17) is 5.11 Å². The Morgan fingerprint density at radius 2 is 1.85 bits per heavy atom. The van der Waals surface area contributed by atoms with Crippen LogP contribution in [-0.4, -0.2) is 15.6 Å². The maximum atomic E-state index is 13.5. The number of aromatic nitrogens is 1. The molecular weight excluding hydrogens is 278 g/mol. The quantitative estimate of drug-likeness (QED) is 0.879. The molecule has 2 aromatic rings. The van der Waals surface area contributed by atoms with Gasteiger partial charge in [-0.1, -0.05) is 18.2 Å². The van der Waals surface area contributed by atoms with Crippen LogP contribution in [0.25, 0.3) is 0 Å². The fraction of sp³-hybridized carbons (Fsp3) is 0.154. The highest BCUT2D eigenvalue weighted by molar-refractivity contribution is 5.89. The van der Waals surface area contributed by atoms with Gasteiger partial charge in [0.05, 0.1) is 12.1 Å². The third kappa shape index (κ3) is 2.66. The number of aromatic carboxylic acids is 1. The number of alkyl halides is 3. The first-order valence-electron chi connectivity index (χ1n) is 5.53. The maximum absolute atomic E-state index is 13.5. The van der Waals surface area contributed by atoms with E-state index in [-0.39, 0.29) is 5.56 Å². The molecule has 1 heterocycles. The number of hydrogen-bond acceptors (Lipinski definition) is 1. The van der Waals surface area contributed by atoms with E-state index in [1.54, 1.807) is 0 Å². The van der Waals surface area contributed by atoms with Crippen LogP contribution in [0.3, 0.4) is 0 Å². The predicted octanol–water partition coefficient (Wildman–Crippen LogP) is 3.39. The van der Waals surface area contributed by atoms with Gasteiger partial charge in [-0.2, -0.15) is 13.2 Å². The van der Waals surface area contributed by atoms with Crippen LogP contribution in [0.2, 0.25) is 0 Å². The van der Waals surface area contributed by atoms with Crippen LogP contribution in [0, 0.1) is 5.82 Å². The zero-order chi connectivity index (χ0) is 14.9. The fourth-order valence-corrected chi connectivity index (χ4v) is 1.90. The van der Waals surface area contributed by atoms with E-state index in [2.05, 4.69) is 0 Å². The highest BCUT2D eigenvalue weighted by Crippen LogP contribution is 2.33. The largest absolute Gasteiger partial charge is 0.478 e. The van der Waals surface area contributed by atoms with Crippen molar-refractivity contribution in [2.24, 2.45) is 0 Å². The van der Waals surface area contributed by atoms with Crippen molar-refractivity contribution in [1.82, 2.24) is 4.57 Å². The van der Waals surface area contributed by atoms with Crippen molar-refractivity contribution in [2.45, 2.75) is 12.7 Å². The minimum Gasteiger partial charge on any atom is -0.478 e. The van der Waals surface area contributed by atoms with E-state index >= 15 is 0 Å². The summed E-state index contributed by atoms with van der Waals surface area (Å²) >= 11 is 0. The molecule has 106 valence electrons. The number of carbonyl (C=O) groups is 1. The molecule has 0 atom stereocenters. The molecule has 0 aliphatic rings. The first-order valence-corrected chi connectivity index (χ1v) is 5.53. The lowest BCUT2D eigenvalue weighted by Crippen LogP contribution is -2.18. The summed E-state index contributed by atoms with van der Waals surface area (Å²) in [4.78, 5) is 10.8. The zero-order valence-corrected chi connectivity index (χ0v) is 9.99. The van der Waals surface area contributed by atoms with Gasteiger partial charge >= 0.3 is 12.1 Å². The molecule has 0 bridgehead atoms. The monoisotopic (exact) mass is 287 g/mol. The number of hydrogen-bond donors (Lipinski definition) is 1. The maximum Gasteiger partial charge on any atom is 0.432 e. The second-order valence-electron chi connectivity index (χ2n) is 4.10. The molecule has 0 aliphatic carbocycles. The molecule has 0 amide bonds. The average molecular weight is 287 g/mol. The standard InChI is InChI=1S/C13H9F4NO2/c14-10-4-2-1-3-8(10)7-18-6-5-9(12(19)20)11(18)13(15,16)17/h1-6H,7H2,(H,19,20). The van der Waals surface area contributed by atoms with Crippen LogP contribution < -0.4 is 0 Å². The molecule has 1 aromatic heterocycles. The molecular formula is C13H9F4NO2. The van der Waals surface area contributed by atoms with E-state index < -0.39 is 35.8 Å². The fourth-order valence-electron chi connectivity index (χ4n) is 1.90. The topological polar surface area (TPSA) is 42.2 Å². The van der Waals surface area contributed by atoms with Crippen molar-refractivity contribution in [3.63, 3.8) is 0 Å². The first-order chi connectivity index (χ1) is 9.30. The van der Waals surface area contributed by atoms with Gasteiger partial charge in [0.2, 0.25) is 0 Å². The van der Waals surface area contributed by atoms with Gasteiger partial charge in [0.25, 0.3) is 0 Å². The van der Waals surface area contributed by atoms with Crippen molar-refractivity contribution >= 4 is 5.97 Å². The Morgan fingerprint density at radius 1 is 1.20 bits per heavy atom. The summed E-state index contributed by atoms with van der Waals surface area (Å²) in [7, 11) is 0. The van der Waals surface area contributed by atoms with Gasteiger partial charge in [-0.15, -0.1) is 0 Å². The second kappa shape index (κ2) is 4.99. The molecule has 0 spiro atoms. The number of benzene rings is 1. The van der Waals surface area contributed by atoms with E-state index in [0.29, 0.717) is 4.57 Å². The van der Waals surface area contributed by atoms with Gasteiger partial charge < -0.3 is 9.67 Å². The summed E-state index contributed by atoms with van der Waals surface area (Å²) in [6.07, 6.45) is -3.85. The number of nitrogens with zero attached hydrogens (tertiary/aromatic N) is 1. The Labute approximate surface area is 111 Å². The smallest absolute Gasteiger partial charge is 0.432 e. The summed E-state index contributed by atoms with van der Waals surface area (Å²) in [5.74, 6) is -2.32. The molecule has 2 rings (SSSR count). The molecule has 1 aromatic carbocycles. The molecule has 0 radical (unpaired) electrons. The summed E-state index contributed by atoms with van der Waals surface area (Å²) in [6, 6.07) is 6.24. The Bertz CT molecular complexity index is 646. The molecule has 7 heteroatoms. The van der Waals surface area contributed by atoms with Crippen molar-refractivity contribution < 1.29 is 27.5 Å². The van der Waals surface area contributed by atoms with Crippen molar-refractivity contribution in [3.05, 3.63) is 59.2 Å². The molecule has 0 unspecified atom stereocenters. The molecule has 0 aliphatic heterocycles. The van der Waals surface area contributed by atoms with Crippen LogP contribution in [0.1, 0.15) is 21.6 Å². The van der Waals surface area contributed by atoms with Crippen LogP contribution in [0.4, 0.5) is 17.6 Å². The normalized spacial score (nSPS) is 11.6.